The average Bonchev–Trinajstić information content (AvgIpc) is 3.11. The number of allylic oxidation sites excluding steroid dienone is 1. The van der Waals surface area contributed by atoms with Crippen LogP contribution in [0, 0.1) is 6.92 Å². The van der Waals surface area contributed by atoms with Crippen molar-refractivity contribution in [1.82, 2.24) is 14.8 Å². The summed E-state index contributed by atoms with van der Waals surface area (Å²) in [5, 5.41) is 13.1. The monoisotopic (exact) mass is 462 g/mol. The predicted octanol–water partition coefficient (Wildman–Crippen LogP) is 5.39. The van der Waals surface area contributed by atoms with Crippen molar-refractivity contribution in [3.8, 4) is 5.75 Å². The van der Waals surface area contributed by atoms with E-state index >= 15 is 0 Å². The standard InChI is InChI=1S/C21H20Cl2N4O2S/c1-3-10-27-19(12-29-17-8-5-15(22)6-9-17)25-26-21(27)30-13-20(28)24-16-7-4-14(2)18(23)11-16/h3-9,11H,1,10,12-13H2,2H3,(H,24,28). The molecule has 30 heavy (non-hydrogen) atoms. The Bertz CT molecular complexity index is 1040. The number of aromatic nitrogens is 3. The van der Waals surface area contributed by atoms with E-state index in [4.69, 9.17) is 27.9 Å². The summed E-state index contributed by atoms with van der Waals surface area (Å²) in [6.07, 6.45) is 1.74. The zero-order valence-corrected chi connectivity index (χ0v) is 18.6. The van der Waals surface area contributed by atoms with Crippen LogP contribution < -0.4 is 10.1 Å². The van der Waals surface area contributed by atoms with Crippen LogP contribution in [0.25, 0.3) is 0 Å². The Morgan fingerprint density at radius 1 is 1.23 bits per heavy atom. The predicted molar refractivity (Wildman–Crippen MR) is 122 cm³/mol. The van der Waals surface area contributed by atoms with Gasteiger partial charge in [0.25, 0.3) is 0 Å². The second kappa shape index (κ2) is 10.5. The van der Waals surface area contributed by atoms with Crippen molar-refractivity contribution in [1.29, 1.82) is 0 Å². The fraction of sp³-hybridized carbons (Fsp3) is 0.190. The number of nitrogens with one attached hydrogen (secondary N) is 1. The Balaban J connectivity index is 1.60. The lowest BCUT2D eigenvalue weighted by molar-refractivity contribution is -0.113. The van der Waals surface area contributed by atoms with Crippen molar-refractivity contribution in [2.45, 2.75) is 25.2 Å². The van der Waals surface area contributed by atoms with Crippen LogP contribution in [0.15, 0.2) is 60.3 Å². The van der Waals surface area contributed by atoms with Gasteiger partial charge >= 0.3 is 0 Å². The molecule has 1 amide bonds. The Labute approximate surface area is 189 Å². The first kappa shape index (κ1) is 22.2. The van der Waals surface area contributed by atoms with Crippen molar-refractivity contribution >= 4 is 46.6 Å². The fourth-order valence-electron chi connectivity index (χ4n) is 2.52. The van der Waals surface area contributed by atoms with Gasteiger partial charge in [-0.2, -0.15) is 0 Å². The molecule has 0 saturated heterocycles. The molecule has 0 spiro atoms. The van der Waals surface area contributed by atoms with Gasteiger partial charge in [-0.25, -0.2) is 0 Å². The van der Waals surface area contributed by atoms with Gasteiger partial charge in [-0.05, 0) is 48.9 Å². The van der Waals surface area contributed by atoms with Crippen molar-refractivity contribution in [2.75, 3.05) is 11.1 Å². The lowest BCUT2D eigenvalue weighted by Crippen LogP contribution is -2.15. The number of hydrogen-bond acceptors (Lipinski definition) is 5. The van der Waals surface area contributed by atoms with Gasteiger partial charge in [-0.1, -0.05) is 47.1 Å². The maximum atomic E-state index is 12.3. The number of anilines is 1. The number of benzene rings is 2. The third kappa shape index (κ3) is 6.01. The number of carbonyl (C=O) groups excluding carboxylic acids is 1. The smallest absolute Gasteiger partial charge is 0.234 e. The number of nitrogens with zero attached hydrogens (tertiary/aromatic N) is 3. The molecule has 0 saturated carbocycles. The Morgan fingerprint density at radius 2 is 2.00 bits per heavy atom. The van der Waals surface area contributed by atoms with Crippen LogP contribution in [-0.4, -0.2) is 26.4 Å². The molecule has 3 aromatic rings. The normalized spacial score (nSPS) is 10.6. The zero-order chi connectivity index (χ0) is 21.5. The molecule has 2 aromatic carbocycles. The van der Waals surface area contributed by atoms with E-state index < -0.39 is 0 Å². The van der Waals surface area contributed by atoms with E-state index in [9.17, 15) is 4.79 Å². The lowest BCUT2D eigenvalue weighted by atomic mass is 10.2. The molecule has 6 nitrogen and oxygen atoms in total. The Hall–Kier alpha value is -2.48. The second-order valence-electron chi connectivity index (χ2n) is 6.34. The van der Waals surface area contributed by atoms with Crippen LogP contribution in [0.1, 0.15) is 11.4 Å². The van der Waals surface area contributed by atoms with E-state index in [1.807, 2.05) is 23.6 Å². The lowest BCUT2D eigenvalue weighted by Gasteiger charge is -2.10. The molecule has 9 heteroatoms. The molecule has 3 rings (SSSR count). The molecule has 0 aliphatic carbocycles. The van der Waals surface area contributed by atoms with Crippen LogP contribution in [0.5, 0.6) is 5.75 Å². The molecule has 0 atom stereocenters. The molecule has 0 unspecified atom stereocenters. The van der Waals surface area contributed by atoms with Crippen molar-refractivity contribution in [3.63, 3.8) is 0 Å². The first-order valence-corrected chi connectivity index (χ1v) is 10.8. The highest BCUT2D eigenvalue weighted by molar-refractivity contribution is 7.99. The minimum absolute atomic E-state index is 0.160. The van der Waals surface area contributed by atoms with E-state index in [0.29, 0.717) is 39.0 Å². The quantitative estimate of drug-likeness (QED) is 0.341. The van der Waals surface area contributed by atoms with Crippen LogP contribution in [0.3, 0.4) is 0 Å². The van der Waals surface area contributed by atoms with Crippen molar-refractivity contribution in [2.24, 2.45) is 0 Å². The third-order valence-corrected chi connectivity index (χ3v) is 5.70. The number of hydrogen-bond donors (Lipinski definition) is 1. The summed E-state index contributed by atoms with van der Waals surface area (Å²) >= 11 is 13.3. The largest absolute Gasteiger partial charge is 0.486 e. The third-order valence-electron chi connectivity index (χ3n) is 4.07. The van der Waals surface area contributed by atoms with Gasteiger partial charge in [-0.3, -0.25) is 9.36 Å². The van der Waals surface area contributed by atoms with Gasteiger partial charge in [0, 0.05) is 22.3 Å². The van der Waals surface area contributed by atoms with Gasteiger partial charge in [0.15, 0.2) is 11.0 Å². The number of ether oxygens (including phenoxy) is 1. The highest BCUT2D eigenvalue weighted by atomic mass is 35.5. The number of amides is 1. The molecule has 0 bridgehead atoms. The molecule has 0 radical (unpaired) electrons. The van der Waals surface area contributed by atoms with E-state index in [1.165, 1.54) is 11.8 Å². The number of rotatable bonds is 9. The molecule has 0 fully saturated rings. The molecule has 0 aliphatic heterocycles. The molecule has 1 N–H and O–H groups in total. The average molecular weight is 463 g/mol. The summed E-state index contributed by atoms with van der Waals surface area (Å²) < 4.78 is 7.62. The maximum Gasteiger partial charge on any atom is 0.234 e. The van der Waals surface area contributed by atoms with Gasteiger partial charge < -0.3 is 10.1 Å². The Kier molecular flexibility index (Phi) is 7.79. The summed E-state index contributed by atoms with van der Waals surface area (Å²) in [7, 11) is 0. The fourth-order valence-corrected chi connectivity index (χ4v) is 3.59. The molecule has 156 valence electrons. The first-order chi connectivity index (χ1) is 14.5. The van der Waals surface area contributed by atoms with E-state index in [-0.39, 0.29) is 18.3 Å². The minimum atomic E-state index is -0.160. The SMILES string of the molecule is C=CCn1c(COc2ccc(Cl)cc2)nnc1SCC(=O)Nc1ccc(C)c(Cl)c1. The number of carbonyl (C=O) groups is 1. The van der Waals surface area contributed by atoms with Crippen LogP contribution in [0.4, 0.5) is 5.69 Å². The summed E-state index contributed by atoms with van der Waals surface area (Å²) in [6, 6.07) is 12.5. The van der Waals surface area contributed by atoms with Gasteiger partial charge in [-0.15, -0.1) is 16.8 Å². The van der Waals surface area contributed by atoms with E-state index in [0.717, 1.165) is 5.56 Å². The van der Waals surface area contributed by atoms with Crippen molar-refractivity contribution in [3.05, 3.63) is 76.6 Å². The van der Waals surface area contributed by atoms with Crippen LogP contribution in [-0.2, 0) is 17.9 Å². The number of thioether (sulfide) groups is 1. The highest BCUT2D eigenvalue weighted by Gasteiger charge is 2.14. The summed E-state index contributed by atoms with van der Waals surface area (Å²) in [5.41, 5.74) is 1.61. The second-order valence-corrected chi connectivity index (χ2v) is 8.13. The first-order valence-electron chi connectivity index (χ1n) is 9.06. The topological polar surface area (TPSA) is 69.0 Å². The zero-order valence-electron chi connectivity index (χ0n) is 16.3. The van der Waals surface area contributed by atoms with E-state index in [2.05, 4.69) is 22.1 Å². The highest BCUT2D eigenvalue weighted by Crippen LogP contribution is 2.22. The molecular formula is C21H20Cl2N4O2S. The molecule has 1 heterocycles. The summed E-state index contributed by atoms with van der Waals surface area (Å²) in [5.74, 6) is 1.33. The van der Waals surface area contributed by atoms with Gasteiger partial charge in [0.2, 0.25) is 5.91 Å². The van der Waals surface area contributed by atoms with Gasteiger partial charge in [0.05, 0.1) is 5.75 Å². The molecule has 1 aromatic heterocycles. The molecule has 0 aliphatic rings. The maximum absolute atomic E-state index is 12.3. The van der Waals surface area contributed by atoms with Crippen LogP contribution >= 0.6 is 35.0 Å². The number of aryl methyl sites for hydroxylation is 1. The number of halogens is 2. The van der Waals surface area contributed by atoms with Crippen molar-refractivity contribution < 1.29 is 9.53 Å². The summed E-state index contributed by atoms with van der Waals surface area (Å²) in [4.78, 5) is 12.3. The molecular weight excluding hydrogens is 443 g/mol. The summed E-state index contributed by atoms with van der Waals surface area (Å²) in [6.45, 7) is 6.42. The van der Waals surface area contributed by atoms with Crippen LogP contribution in [0.2, 0.25) is 10.0 Å². The Morgan fingerprint density at radius 3 is 2.70 bits per heavy atom. The van der Waals surface area contributed by atoms with Gasteiger partial charge in [0.1, 0.15) is 12.4 Å². The van der Waals surface area contributed by atoms with E-state index in [1.54, 1.807) is 36.4 Å². The minimum Gasteiger partial charge on any atom is -0.486 e.